The second kappa shape index (κ2) is 11.5. The minimum absolute atomic E-state index is 0.0188. The minimum Gasteiger partial charge on any atom is -0.493 e. The first-order valence-electron chi connectivity index (χ1n) is 10.6. The van der Waals surface area contributed by atoms with Gasteiger partial charge in [-0.05, 0) is 61.6 Å². The molecule has 0 saturated heterocycles. The SMILES string of the molecule is COC(=O)c1ccc(CCC[C@H]2C(=O)CC[C@@H]2COc2cc(Cl)cc(COC(C)=O)c2)s1. The first kappa shape index (κ1) is 24.3. The molecule has 0 N–H and O–H groups in total. The lowest BCUT2D eigenvalue weighted by atomic mass is 9.91. The summed E-state index contributed by atoms with van der Waals surface area (Å²) in [6, 6.07) is 8.98. The number of Topliss-reactive ketones (excluding diaryl/α,β-unsaturated/α-hetero) is 1. The number of esters is 2. The van der Waals surface area contributed by atoms with Gasteiger partial charge in [0, 0.05) is 35.1 Å². The van der Waals surface area contributed by atoms with Crippen molar-refractivity contribution in [3.8, 4) is 5.75 Å². The molecule has 1 fully saturated rings. The highest BCUT2D eigenvalue weighted by Crippen LogP contribution is 2.34. The molecule has 2 aromatic rings. The van der Waals surface area contributed by atoms with Gasteiger partial charge in [0.05, 0.1) is 13.7 Å². The molecule has 1 aromatic heterocycles. The van der Waals surface area contributed by atoms with Crippen LogP contribution in [0, 0.1) is 11.8 Å². The van der Waals surface area contributed by atoms with Crippen molar-refractivity contribution >= 4 is 40.7 Å². The van der Waals surface area contributed by atoms with Gasteiger partial charge in [0.2, 0.25) is 0 Å². The van der Waals surface area contributed by atoms with Crippen LogP contribution in [-0.4, -0.2) is 31.4 Å². The van der Waals surface area contributed by atoms with Gasteiger partial charge >= 0.3 is 11.9 Å². The molecule has 0 amide bonds. The molecule has 1 aliphatic carbocycles. The number of carbonyl (C=O) groups excluding carboxylic acids is 3. The highest BCUT2D eigenvalue weighted by Gasteiger charge is 2.34. The zero-order valence-corrected chi connectivity index (χ0v) is 19.8. The number of rotatable bonds is 10. The molecule has 1 saturated carbocycles. The van der Waals surface area contributed by atoms with Crippen LogP contribution in [0.15, 0.2) is 30.3 Å². The molecule has 0 spiro atoms. The van der Waals surface area contributed by atoms with Gasteiger partial charge in [0.15, 0.2) is 0 Å². The summed E-state index contributed by atoms with van der Waals surface area (Å²) < 4.78 is 15.8. The van der Waals surface area contributed by atoms with Crippen LogP contribution in [0.3, 0.4) is 0 Å². The molecule has 6 nitrogen and oxygen atoms in total. The Labute approximate surface area is 196 Å². The van der Waals surface area contributed by atoms with Crippen molar-refractivity contribution in [3.63, 3.8) is 0 Å². The summed E-state index contributed by atoms with van der Waals surface area (Å²) in [6.45, 7) is 1.93. The number of ether oxygens (including phenoxy) is 3. The molecule has 8 heteroatoms. The lowest BCUT2D eigenvalue weighted by Crippen LogP contribution is -2.21. The summed E-state index contributed by atoms with van der Waals surface area (Å²) >= 11 is 7.60. The van der Waals surface area contributed by atoms with E-state index in [-0.39, 0.29) is 30.4 Å². The minimum atomic E-state index is -0.358. The molecular weight excluding hydrogens is 452 g/mol. The fourth-order valence-corrected chi connectivity index (χ4v) is 5.18. The number of hydrogen-bond acceptors (Lipinski definition) is 7. The molecule has 0 bridgehead atoms. The second-order valence-corrected chi connectivity index (χ2v) is 9.51. The van der Waals surface area contributed by atoms with Crippen molar-refractivity contribution in [1.29, 1.82) is 0 Å². The maximum Gasteiger partial charge on any atom is 0.348 e. The Morgan fingerprint density at radius 1 is 1.22 bits per heavy atom. The average molecular weight is 479 g/mol. The van der Waals surface area contributed by atoms with Gasteiger partial charge in [0.1, 0.15) is 23.0 Å². The van der Waals surface area contributed by atoms with Gasteiger partial charge in [-0.15, -0.1) is 11.3 Å². The number of methoxy groups -OCH3 is 1. The highest BCUT2D eigenvalue weighted by atomic mass is 35.5. The highest BCUT2D eigenvalue weighted by molar-refractivity contribution is 7.13. The average Bonchev–Trinajstić information content (AvgIpc) is 3.37. The summed E-state index contributed by atoms with van der Waals surface area (Å²) in [7, 11) is 1.37. The van der Waals surface area contributed by atoms with Crippen LogP contribution >= 0.6 is 22.9 Å². The van der Waals surface area contributed by atoms with Crippen molar-refractivity contribution in [1.82, 2.24) is 0 Å². The van der Waals surface area contributed by atoms with Crippen LogP contribution < -0.4 is 4.74 Å². The molecule has 172 valence electrons. The molecule has 1 aliphatic rings. The number of hydrogen-bond donors (Lipinski definition) is 0. The number of aryl methyl sites for hydroxylation is 1. The number of halogens is 1. The van der Waals surface area contributed by atoms with Crippen molar-refractivity contribution in [3.05, 3.63) is 50.7 Å². The van der Waals surface area contributed by atoms with E-state index in [4.69, 9.17) is 25.8 Å². The Bertz CT molecular complexity index is 969. The van der Waals surface area contributed by atoms with Crippen molar-refractivity contribution < 1.29 is 28.6 Å². The topological polar surface area (TPSA) is 78.9 Å². The molecule has 0 aliphatic heterocycles. The smallest absolute Gasteiger partial charge is 0.348 e. The van der Waals surface area contributed by atoms with Crippen LogP contribution in [0.5, 0.6) is 5.75 Å². The predicted octanol–water partition coefficient (Wildman–Crippen LogP) is 5.25. The van der Waals surface area contributed by atoms with Gasteiger partial charge < -0.3 is 14.2 Å². The third-order valence-corrected chi connectivity index (χ3v) is 6.91. The fourth-order valence-electron chi connectivity index (χ4n) is 3.97. The molecule has 0 radical (unpaired) electrons. The third kappa shape index (κ3) is 6.81. The molecular formula is C24H27ClO6S. The van der Waals surface area contributed by atoms with E-state index in [1.807, 2.05) is 6.07 Å². The number of thiophene rings is 1. The molecule has 32 heavy (non-hydrogen) atoms. The van der Waals surface area contributed by atoms with E-state index < -0.39 is 0 Å². The van der Waals surface area contributed by atoms with Gasteiger partial charge in [-0.2, -0.15) is 0 Å². The van der Waals surface area contributed by atoms with Crippen LogP contribution in [-0.2, 0) is 32.1 Å². The van der Waals surface area contributed by atoms with E-state index in [0.717, 1.165) is 36.1 Å². The molecule has 1 heterocycles. The van der Waals surface area contributed by atoms with Gasteiger partial charge in [-0.3, -0.25) is 9.59 Å². The maximum absolute atomic E-state index is 12.4. The number of ketones is 1. The van der Waals surface area contributed by atoms with E-state index in [0.29, 0.717) is 34.5 Å². The summed E-state index contributed by atoms with van der Waals surface area (Å²) in [5, 5.41) is 0.506. The summed E-state index contributed by atoms with van der Waals surface area (Å²) in [5.41, 5.74) is 0.754. The Morgan fingerprint density at radius 3 is 2.78 bits per heavy atom. The van der Waals surface area contributed by atoms with Crippen molar-refractivity contribution in [2.45, 2.75) is 45.6 Å². The second-order valence-electron chi connectivity index (χ2n) is 7.91. The lowest BCUT2D eigenvalue weighted by molar-refractivity contribution is -0.142. The number of benzene rings is 1. The largest absolute Gasteiger partial charge is 0.493 e. The van der Waals surface area contributed by atoms with Gasteiger partial charge in [-0.1, -0.05) is 11.6 Å². The Balaban J connectivity index is 1.52. The van der Waals surface area contributed by atoms with Crippen LogP contribution in [0.1, 0.15) is 52.7 Å². The summed E-state index contributed by atoms with van der Waals surface area (Å²) in [5.74, 6) is 0.362. The molecule has 1 aromatic carbocycles. The number of carbonyl (C=O) groups is 3. The standard InChI is InChI=1S/C24H27ClO6S/c1-15(26)30-13-16-10-18(25)12-19(11-16)31-14-17-6-8-22(27)21(17)5-3-4-20-7-9-23(32-20)24(28)29-2/h7,9-12,17,21H,3-6,8,13-14H2,1-2H3/t17-,21-/m1/s1. The Morgan fingerprint density at radius 2 is 2.03 bits per heavy atom. The van der Waals surface area contributed by atoms with Crippen molar-refractivity contribution in [2.24, 2.45) is 11.8 Å². The Hall–Kier alpha value is -2.38. The van der Waals surface area contributed by atoms with Gasteiger partial charge in [-0.25, -0.2) is 4.79 Å². The summed E-state index contributed by atoms with van der Waals surface area (Å²) in [6.07, 6.45) is 3.89. The molecule has 3 rings (SSSR count). The maximum atomic E-state index is 12.4. The molecule has 2 atom stereocenters. The zero-order chi connectivity index (χ0) is 23.1. The van der Waals surface area contributed by atoms with Gasteiger partial charge in [0.25, 0.3) is 0 Å². The summed E-state index contributed by atoms with van der Waals surface area (Å²) in [4.78, 5) is 36.8. The van der Waals surface area contributed by atoms with E-state index in [1.54, 1.807) is 24.3 Å². The third-order valence-electron chi connectivity index (χ3n) is 5.57. The predicted molar refractivity (Wildman–Crippen MR) is 122 cm³/mol. The van der Waals surface area contributed by atoms with E-state index >= 15 is 0 Å². The molecule has 0 unspecified atom stereocenters. The zero-order valence-electron chi connectivity index (χ0n) is 18.2. The van der Waals surface area contributed by atoms with Crippen molar-refractivity contribution in [2.75, 3.05) is 13.7 Å². The van der Waals surface area contributed by atoms with Crippen LogP contribution in [0.4, 0.5) is 0 Å². The van der Waals surface area contributed by atoms with E-state index in [9.17, 15) is 14.4 Å². The van der Waals surface area contributed by atoms with Crippen LogP contribution in [0.25, 0.3) is 0 Å². The normalized spacial score (nSPS) is 17.9. The van der Waals surface area contributed by atoms with Crippen LogP contribution in [0.2, 0.25) is 5.02 Å². The first-order valence-corrected chi connectivity index (χ1v) is 11.8. The van der Waals surface area contributed by atoms with E-state index in [2.05, 4.69) is 0 Å². The first-order chi connectivity index (χ1) is 15.4. The lowest BCUT2D eigenvalue weighted by Gasteiger charge is -2.19. The fraction of sp³-hybridized carbons (Fsp3) is 0.458. The quantitative estimate of drug-likeness (QED) is 0.434. The Kier molecular flexibility index (Phi) is 8.70. The van der Waals surface area contributed by atoms with E-state index in [1.165, 1.54) is 25.4 Å². The monoisotopic (exact) mass is 478 g/mol.